The lowest BCUT2D eigenvalue weighted by molar-refractivity contribution is 0.0447. The number of anilines is 1. The normalized spacial score (nSPS) is 24.8. The van der Waals surface area contributed by atoms with Crippen LogP contribution in [0.3, 0.4) is 0 Å². The van der Waals surface area contributed by atoms with Crippen molar-refractivity contribution in [3.8, 4) is 0 Å². The predicted molar refractivity (Wildman–Crippen MR) is 66.3 cm³/mol. The van der Waals surface area contributed by atoms with Gasteiger partial charge in [-0.25, -0.2) is 4.98 Å². The van der Waals surface area contributed by atoms with Gasteiger partial charge >= 0.3 is 0 Å². The minimum absolute atomic E-state index is 0.0393. The first-order valence-electron chi connectivity index (χ1n) is 5.92. The van der Waals surface area contributed by atoms with Gasteiger partial charge in [0.2, 0.25) is 0 Å². The van der Waals surface area contributed by atoms with E-state index in [0.29, 0.717) is 12.1 Å². The third-order valence-electron chi connectivity index (χ3n) is 3.15. The van der Waals surface area contributed by atoms with Crippen LogP contribution in [0.4, 0.5) is 5.82 Å². The van der Waals surface area contributed by atoms with E-state index < -0.39 is 5.60 Å². The van der Waals surface area contributed by atoms with E-state index >= 15 is 0 Å². The molecule has 1 unspecified atom stereocenters. The highest BCUT2D eigenvalue weighted by Crippen LogP contribution is 2.24. The van der Waals surface area contributed by atoms with Crippen LogP contribution in [0.15, 0.2) is 18.3 Å². The second-order valence-corrected chi connectivity index (χ2v) is 4.98. The van der Waals surface area contributed by atoms with Crippen LogP contribution < -0.4 is 4.90 Å². The molecule has 0 amide bonds. The van der Waals surface area contributed by atoms with Crippen LogP contribution in [-0.2, 0) is 0 Å². The van der Waals surface area contributed by atoms with Crippen molar-refractivity contribution in [1.82, 2.24) is 4.98 Å². The monoisotopic (exact) mass is 234 g/mol. The smallest absolute Gasteiger partial charge is 0.159 e. The highest BCUT2D eigenvalue weighted by molar-refractivity contribution is 5.94. The molecule has 1 atom stereocenters. The van der Waals surface area contributed by atoms with Gasteiger partial charge in [0.25, 0.3) is 0 Å². The maximum atomic E-state index is 11.3. The number of pyridine rings is 1. The summed E-state index contributed by atoms with van der Waals surface area (Å²) in [6, 6.07) is 3.51. The number of Topliss-reactive ketones (excluding diaryl/α,β-unsaturated/α-hetero) is 1. The molecule has 0 bridgehead atoms. The number of hydrogen-bond donors (Lipinski definition) is 1. The van der Waals surface area contributed by atoms with Gasteiger partial charge < -0.3 is 10.0 Å². The molecule has 1 aromatic rings. The molecular weight excluding hydrogens is 216 g/mol. The maximum absolute atomic E-state index is 11.3. The Morgan fingerprint density at radius 2 is 2.35 bits per heavy atom. The van der Waals surface area contributed by atoms with Crippen LogP contribution >= 0.6 is 0 Å². The molecule has 1 aromatic heterocycles. The summed E-state index contributed by atoms with van der Waals surface area (Å²) in [5.41, 5.74) is 0.00631. The molecule has 4 heteroatoms. The molecule has 17 heavy (non-hydrogen) atoms. The molecule has 4 nitrogen and oxygen atoms in total. The molecule has 0 aromatic carbocycles. The van der Waals surface area contributed by atoms with Gasteiger partial charge in [-0.3, -0.25) is 4.79 Å². The lowest BCUT2D eigenvalue weighted by Crippen LogP contribution is -2.46. The van der Waals surface area contributed by atoms with Gasteiger partial charge in [-0.05, 0) is 38.8 Å². The van der Waals surface area contributed by atoms with Gasteiger partial charge in [-0.1, -0.05) is 0 Å². The van der Waals surface area contributed by atoms with E-state index in [0.717, 1.165) is 25.2 Å². The molecule has 92 valence electrons. The summed E-state index contributed by atoms with van der Waals surface area (Å²) in [6.45, 7) is 4.84. The number of aromatic nitrogens is 1. The lowest BCUT2D eigenvalue weighted by atomic mass is 9.95. The van der Waals surface area contributed by atoms with Crippen molar-refractivity contribution in [3.05, 3.63) is 23.9 Å². The number of carbonyl (C=O) groups is 1. The molecule has 0 spiro atoms. The van der Waals surface area contributed by atoms with Crippen molar-refractivity contribution >= 4 is 11.6 Å². The highest BCUT2D eigenvalue weighted by atomic mass is 16.3. The molecule has 2 heterocycles. The molecule has 0 saturated carbocycles. The van der Waals surface area contributed by atoms with Crippen molar-refractivity contribution < 1.29 is 9.90 Å². The van der Waals surface area contributed by atoms with E-state index in [2.05, 4.69) is 4.98 Å². The first-order chi connectivity index (χ1) is 7.98. The third-order valence-corrected chi connectivity index (χ3v) is 3.15. The number of rotatable bonds is 2. The lowest BCUT2D eigenvalue weighted by Gasteiger charge is -2.37. The van der Waals surface area contributed by atoms with Crippen molar-refractivity contribution in [3.63, 3.8) is 0 Å². The van der Waals surface area contributed by atoms with Crippen LogP contribution in [0, 0.1) is 0 Å². The summed E-state index contributed by atoms with van der Waals surface area (Å²) in [5, 5.41) is 10.0. The Balaban J connectivity index is 2.22. The number of β-amino-alcohol motifs (C(OH)–C–C–N with tert-alkyl or cyclic N) is 1. The van der Waals surface area contributed by atoms with E-state index in [1.807, 2.05) is 11.8 Å². The fraction of sp³-hybridized carbons (Fsp3) is 0.538. The largest absolute Gasteiger partial charge is 0.388 e. The average molecular weight is 234 g/mol. The molecule has 1 aliphatic rings. The SMILES string of the molecule is CC(=O)c1ccnc(N2CCCC(C)(O)C2)c1. The first-order valence-corrected chi connectivity index (χ1v) is 5.92. The molecule has 1 saturated heterocycles. The number of hydrogen-bond acceptors (Lipinski definition) is 4. The van der Waals surface area contributed by atoms with E-state index in [1.54, 1.807) is 25.3 Å². The number of nitrogens with zero attached hydrogens (tertiary/aromatic N) is 2. The van der Waals surface area contributed by atoms with Crippen LogP contribution in [0.5, 0.6) is 0 Å². The van der Waals surface area contributed by atoms with Crippen LogP contribution in [-0.4, -0.2) is 34.6 Å². The van der Waals surface area contributed by atoms with Gasteiger partial charge in [-0.15, -0.1) is 0 Å². The fourth-order valence-corrected chi connectivity index (χ4v) is 2.23. The average Bonchev–Trinajstić information content (AvgIpc) is 2.28. The number of carbonyl (C=O) groups excluding carboxylic acids is 1. The van der Waals surface area contributed by atoms with Crippen LogP contribution in [0.1, 0.15) is 37.0 Å². The zero-order chi connectivity index (χ0) is 12.5. The summed E-state index contributed by atoms with van der Waals surface area (Å²) in [6.07, 6.45) is 3.41. The number of ketones is 1. The summed E-state index contributed by atoms with van der Waals surface area (Å²) >= 11 is 0. The maximum Gasteiger partial charge on any atom is 0.159 e. The third kappa shape index (κ3) is 2.82. The fourth-order valence-electron chi connectivity index (χ4n) is 2.23. The van der Waals surface area contributed by atoms with Crippen molar-refractivity contribution in [2.45, 2.75) is 32.3 Å². The van der Waals surface area contributed by atoms with Crippen molar-refractivity contribution in [2.75, 3.05) is 18.0 Å². The van der Waals surface area contributed by atoms with Gasteiger partial charge in [-0.2, -0.15) is 0 Å². The highest BCUT2D eigenvalue weighted by Gasteiger charge is 2.29. The Morgan fingerprint density at radius 1 is 1.59 bits per heavy atom. The Kier molecular flexibility index (Phi) is 3.15. The van der Waals surface area contributed by atoms with Crippen LogP contribution in [0.2, 0.25) is 0 Å². The minimum atomic E-state index is -0.661. The second kappa shape index (κ2) is 4.45. The summed E-state index contributed by atoms with van der Waals surface area (Å²) in [4.78, 5) is 17.6. The summed E-state index contributed by atoms with van der Waals surface area (Å²) in [5.74, 6) is 0.815. The summed E-state index contributed by atoms with van der Waals surface area (Å²) < 4.78 is 0. The number of piperidine rings is 1. The quantitative estimate of drug-likeness (QED) is 0.790. The van der Waals surface area contributed by atoms with Gasteiger partial charge in [0.15, 0.2) is 5.78 Å². The van der Waals surface area contributed by atoms with E-state index in [-0.39, 0.29) is 5.78 Å². The van der Waals surface area contributed by atoms with Gasteiger partial charge in [0.05, 0.1) is 5.60 Å². The molecular formula is C13H18N2O2. The van der Waals surface area contributed by atoms with Gasteiger partial charge in [0.1, 0.15) is 5.82 Å². The zero-order valence-corrected chi connectivity index (χ0v) is 10.3. The molecule has 0 aliphatic carbocycles. The molecule has 1 fully saturated rings. The standard InChI is InChI=1S/C13H18N2O2/c1-10(16)11-4-6-14-12(8-11)15-7-3-5-13(2,17)9-15/h4,6,8,17H,3,5,7,9H2,1-2H3. The van der Waals surface area contributed by atoms with E-state index in [9.17, 15) is 9.90 Å². The first kappa shape index (κ1) is 12.0. The molecule has 1 aliphatic heterocycles. The Bertz CT molecular complexity index is 429. The minimum Gasteiger partial charge on any atom is -0.388 e. The van der Waals surface area contributed by atoms with E-state index in [1.165, 1.54) is 0 Å². The molecule has 0 radical (unpaired) electrons. The Hall–Kier alpha value is -1.42. The summed E-state index contributed by atoms with van der Waals surface area (Å²) in [7, 11) is 0. The van der Waals surface area contributed by atoms with Crippen molar-refractivity contribution in [1.29, 1.82) is 0 Å². The Labute approximate surface area is 101 Å². The van der Waals surface area contributed by atoms with E-state index in [4.69, 9.17) is 0 Å². The molecule has 2 rings (SSSR count). The van der Waals surface area contributed by atoms with Crippen molar-refractivity contribution in [2.24, 2.45) is 0 Å². The predicted octanol–water partition coefficient (Wildman–Crippen LogP) is 1.64. The van der Waals surface area contributed by atoms with Gasteiger partial charge in [0, 0.05) is 24.8 Å². The zero-order valence-electron chi connectivity index (χ0n) is 10.3. The number of aliphatic hydroxyl groups is 1. The topological polar surface area (TPSA) is 53.4 Å². The second-order valence-electron chi connectivity index (χ2n) is 4.98. The van der Waals surface area contributed by atoms with Crippen LogP contribution in [0.25, 0.3) is 0 Å². The molecule has 1 N–H and O–H groups in total. The Morgan fingerprint density at radius 3 is 3.00 bits per heavy atom.